The van der Waals surface area contributed by atoms with Gasteiger partial charge in [0, 0.05) is 22.8 Å². The smallest absolute Gasteiger partial charge is 0.251 e. The molecule has 7 heteroatoms. The predicted molar refractivity (Wildman–Crippen MR) is 105 cm³/mol. The highest BCUT2D eigenvalue weighted by molar-refractivity contribution is 7.99. The summed E-state index contributed by atoms with van der Waals surface area (Å²) in [6.07, 6.45) is 2.65. The molecule has 2 aromatic carbocycles. The zero-order valence-electron chi connectivity index (χ0n) is 14.6. The molecule has 0 fully saturated rings. The quantitative estimate of drug-likeness (QED) is 0.795. The van der Waals surface area contributed by atoms with Crippen molar-refractivity contribution in [2.75, 3.05) is 18.6 Å². The lowest BCUT2D eigenvalue weighted by molar-refractivity contribution is 0.0935. The Balaban J connectivity index is 1.61. The first-order chi connectivity index (χ1) is 12.4. The van der Waals surface area contributed by atoms with Gasteiger partial charge < -0.3 is 5.32 Å². The SMILES string of the molecule is CS(=O)(=O)NCCc1ccc(C(=O)NC2CCSc3ccccc32)cc1. The summed E-state index contributed by atoms with van der Waals surface area (Å²) >= 11 is 1.83. The minimum atomic E-state index is -3.17. The number of hydrogen-bond acceptors (Lipinski definition) is 4. The molecule has 1 atom stereocenters. The Hall–Kier alpha value is -1.83. The summed E-state index contributed by atoms with van der Waals surface area (Å²) in [4.78, 5) is 13.8. The van der Waals surface area contributed by atoms with E-state index in [1.165, 1.54) is 10.5 Å². The van der Waals surface area contributed by atoms with Crippen LogP contribution in [0, 0.1) is 0 Å². The molecule has 3 rings (SSSR count). The van der Waals surface area contributed by atoms with Gasteiger partial charge in [0.25, 0.3) is 5.91 Å². The average Bonchev–Trinajstić information content (AvgIpc) is 2.61. The molecule has 0 bridgehead atoms. The van der Waals surface area contributed by atoms with Crippen LogP contribution in [-0.2, 0) is 16.4 Å². The fourth-order valence-electron chi connectivity index (χ4n) is 2.94. The maximum absolute atomic E-state index is 12.6. The van der Waals surface area contributed by atoms with Crippen LogP contribution < -0.4 is 10.0 Å². The first kappa shape index (κ1) is 18.9. The van der Waals surface area contributed by atoms with Crippen LogP contribution in [0.4, 0.5) is 0 Å². The van der Waals surface area contributed by atoms with Crippen molar-refractivity contribution in [3.63, 3.8) is 0 Å². The number of carbonyl (C=O) groups excluding carboxylic acids is 1. The van der Waals surface area contributed by atoms with E-state index in [1.807, 2.05) is 36.0 Å². The zero-order chi connectivity index (χ0) is 18.6. The van der Waals surface area contributed by atoms with Crippen LogP contribution in [0.1, 0.15) is 33.9 Å². The molecule has 2 N–H and O–H groups in total. The lowest BCUT2D eigenvalue weighted by atomic mass is 10.0. The van der Waals surface area contributed by atoms with Crippen LogP contribution in [0.3, 0.4) is 0 Å². The zero-order valence-corrected chi connectivity index (χ0v) is 16.2. The van der Waals surface area contributed by atoms with Crippen LogP contribution >= 0.6 is 11.8 Å². The number of amides is 1. The number of fused-ring (bicyclic) bond motifs is 1. The van der Waals surface area contributed by atoms with Gasteiger partial charge in [0.05, 0.1) is 12.3 Å². The molecule has 1 aliphatic rings. The van der Waals surface area contributed by atoms with E-state index < -0.39 is 10.0 Å². The molecule has 1 heterocycles. The third-order valence-electron chi connectivity index (χ3n) is 4.26. The van der Waals surface area contributed by atoms with Crippen molar-refractivity contribution in [2.45, 2.75) is 23.8 Å². The highest BCUT2D eigenvalue weighted by Gasteiger charge is 2.22. The number of benzene rings is 2. The van der Waals surface area contributed by atoms with Gasteiger partial charge in [-0.15, -0.1) is 11.8 Å². The molecule has 0 aromatic heterocycles. The Morgan fingerprint density at radius 1 is 1.15 bits per heavy atom. The second-order valence-corrected chi connectivity index (χ2v) is 9.28. The summed E-state index contributed by atoms with van der Waals surface area (Å²) in [5.41, 5.74) is 2.78. The van der Waals surface area contributed by atoms with Crippen molar-refractivity contribution < 1.29 is 13.2 Å². The molecular formula is C19H22N2O3S2. The van der Waals surface area contributed by atoms with E-state index in [0.29, 0.717) is 18.5 Å². The van der Waals surface area contributed by atoms with E-state index in [9.17, 15) is 13.2 Å². The minimum Gasteiger partial charge on any atom is -0.345 e. The molecule has 26 heavy (non-hydrogen) atoms. The number of hydrogen-bond donors (Lipinski definition) is 2. The summed E-state index contributed by atoms with van der Waals surface area (Å²) in [6.45, 7) is 0.348. The summed E-state index contributed by atoms with van der Waals surface area (Å²) in [5, 5.41) is 3.13. The molecule has 2 aromatic rings. The van der Waals surface area contributed by atoms with Gasteiger partial charge in [0.1, 0.15) is 0 Å². The van der Waals surface area contributed by atoms with Gasteiger partial charge in [-0.2, -0.15) is 0 Å². The van der Waals surface area contributed by atoms with Crippen molar-refractivity contribution in [1.29, 1.82) is 0 Å². The molecule has 0 saturated heterocycles. The molecule has 1 aliphatic heterocycles. The number of rotatable bonds is 6. The van der Waals surface area contributed by atoms with E-state index in [0.717, 1.165) is 24.0 Å². The van der Waals surface area contributed by atoms with Gasteiger partial charge in [0.15, 0.2) is 0 Å². The molecule has 138 valence electrons. The topological polar surface area (TPSA) is 75.3 Å². The van der Waals surface area contributed by atoms with E-state index in [4.69, 9.17) is 0 Å². The summed E-state index contributed by atoms with van der Waals surface area (Å²) in [5.74, 6) is 0.909. The average molecular weight is 391 g/mol. The van der Waals surface area contributed by atoms with E-state index in [2.05, 4.69) is 22.2 Å². The van der Waals surface area contributed by atoms with Gasteiger partial charge in [0.2, 0.25) is 10.0 Å². The lowest BCUT2D eigenvalue weighted by Gasteiger charge is -2.25. The first-order valence-electron chi connectivity index (χ1n) is 8.48. The number of carbonyl (C=O) groups is 1. The number of nitrogens with one attached hydrogen (secondary N) is 2. The molecule has 0 aliphatic carbocycles. The standard InChI is InChI=1S/C19H22N2O3S2/c1-26(23,24)20-12-10-14-6-8-15(9-7-14)19(22)21-17-11-13-25-18-5-3-2-4-16(17)18/h2-9,17,20H,10-13H2,1H3,(H,21,22). The Bertz CT molecular complexity index is 880. The van der Waals surface area contributed by atoms with Crippen LogP contribution in [-0.4, -0.2) is 32.9 Å². The number of thioether (sulfide) groups is 1. The highest BCUT2D eigenvalue weighted by Crippen LogP contribution is 2.35. The first-order valence-corrected chi connectivity index (χ1v) is 11.4. The monoisotopic (exact) mass is 390 g/mol. The maximum atomic E-state index is 12.6. The normalized spacial score (nSPS) is 16.7. The third kappa shape index (κ3) is 5.09. The Kier molecular flexibility index (Phi) is 6.01. The molecule has 0 radical (unpaired) electrons. The minimum absolute atomic E-state index is 0.0404. The summed E-state index contributed by atoms with van der Waals surface area (Å²) in [7, 11) is -3.17. The van der Waals surface area contributed by atoms with Crippen molar-refractivity contribution in [3.8, 4) is 0 Å². The predicted octanol–water partition coefficient (Wildman–Crippen LogP) is 2.75. The summed E-state index contributed by atoms with van der Waals surface area (Å²) < 4.78 is 24.6. The highest BCUT2D eigenvalue weighted by atomic mass is 32.2. The second-order valence-electron chi connectivity index (χ2n) is 6.31. The van der Waals surface area contributed by atoms with Crippen molar-refractivity contribution in [1.82, 2.24) is 10.0 Å². The van der Waals surface area contributed by atoms with Crippen LogP contribution in [0.2, 0.25) is 0 Å². The molecule has 0 spiro atoms. The van der Waals surface area contributed by atoms with Crippen LogP contribution in [0.15, 0.2) is 53.4 Å². The van der Waals surface area contributed by atoms with Gasteiger partial charge in [-0.25, -0.2) is 13.1 Å². The molecular weight excluding hydrogens is 368 g/mol. The van der Waals surface area contributed by atoms with Crippen molar-refractivity contribution in [2.24, 2.45) is 0 Å². The summed E-state index contributed by atoms with van der Waals surface area (Å²) in [6, 6.07) is 15.5. The van der Waals surface area contributed by atoms with Crippen molar-refractivity contribution >= 4 is 27.7 Å². The maximum Gasteiger partial charge on any atom is 0.251 e. The van der Waals surface area contributed by atoms with Gasteiger partial charge in [-0.1, -0.05) is 30.3 Å². The van der Waals surface area contributed by atoms with Gasteiger partial charge >= 0.3 is 0 Å². The fraction of sp³-hybridized carbons (Fsp3) is 0.316. The van der Waals surface area contributed by atoms with Gasteiger partial charge in [-0.05, 0) is 42.2 Å². The Morgan fingerprint density at radius 3 is 2.62 bits per heavy atom. The lowest BCUT2D eigenvalue weighted by Crippen LogP contribution is -2.30. The Labute approximate surface area is 158 Å². The van der Waals surface area contributed by atoms with E-state index >= 15 is 0 Å². The molecule has 0 saturated carbocycles. The third-order valence-corrected chi connectivity index (χ3v) is 6.11. The Morgan fingerprint density at radius 2 is 1.88 bits per heavy atom. The number of sulfonamides is 1. The van der Waals surface area contributed by atoms with E-state index in [-0.39, 0.29) is 11.9 Å². The molecule has 5 nitrogen and oxygen atoms in total. The molecule has 1 unspecified atom stereocenters. The van der Waals surface area contributed by atoms with Crippen molar-refractivity contribution in [3.05, 3.63) is 65.2 Å². The fourth-order valence-corrected chi connectivity index (χ4v) is 4.54. The van der Waals surface area contributed by atoms with Crippen LogP contribution in [0.25, 0.3) is 0 Å². The molecule has 1 amide bonds. The van der Waals surface area contributed by atoms with Crippen LogP contribution in [0.5, 0.6) is 0 Å². The van der Waals surface area contributed by atoms with E-state index in [1.54, 1.807) is 12.1 Å². The largest absolute Gasteiger partial charge is 0.345 e. The van der Waals surface area contributed by atoms with Gasteiger partial charge in [-0.3, -0.25) is 4.79 Å². The second kappa shape index (κ2) is 8.24.